The van der Waals surface area contributed by atoms with E-state index >= 15 is 0 Å². The van der Waals surface area contributed by atoms with Crippen LogP contribution in [-0.2, 0) is 6.42 Å². The van der Waals surface area contributed by atoms with Crippen molar-refractivity contribution >= 4 is 5.91 Å². The highest BCUT2D eigenvalue weighted by molar-refractivity contribution is 5.92. The van der Waals surface area contributed by atoms with E-state index in [9.17, 15) is 4.79 Å². The second-order valence-electron chi connectivity index (χ2n) is 4.26. The summed E-state index contributed by atoms with van der Waals surface area (Å²) in [6.45, 7) is 0.497. The van der Waals surface area contributed by atoms with E-state index in [1.165, 1.54) is 0 Å². The van der Waals surface area contributed by atoms with Crippen molar-refractivity contribution in [2.75, 3.05) is 6.61 Å². The second-order valence-corrected chi connectivity index (χ2v) is 4.26. The fourth-order valence-electron chi connectivity index (χ4n) is 2.07. The Bertz CT molecular complexity index is 551. The lowest BCUT2D eigenvalue weighted by molar-refractivity contribution is 0.0910. The average molecular weight is 243 g/mol. The molecule has 2 heterocycles. The minimum absolute atomic E-state index is 0.00398. The maximum atomic E-state index is 11.8. The third-order valence-corrected chi connectivity index (χ3v) is 2.96. The number of nitrogens with zero attached hydrogens (tertiary/aromatic N) is 1. The van der Waals surface area contributed by atoms with Crippen molar-refractivity contribution < 1.29 is 9.53 Å². The third-order valence-electron chi connectivity index (χ3n) is 2.96. The molecule has 0 radical (unpaired) electrons. The van der Waals surface area contributed by atoms with E-state index in [1.807, 2.05) is 24.3 Å². The number of nitrogens with one attached hydrogen (secondary N) is 2. The Morgan fingerprint density at radius 2 is 2.28 bits per heavy atom. The number of amides is 1. The molecule has 1 aromatic carbocycles. The number of aromatic nitrogens is 2. The number of hydrogen-bond acceptors (Lipinski definition) is 3. The summed E-state index contributed by atoms with van der Waals surface area (Å²) in [6, 6.07) is 9.53. The molecule has 5 heteroatoms. The van der Waals surface area contributed by atoms with Gasteiger partial charge in [-0.1, -0.05) is 18.2 Å². The number of fused-ring (bicyclic) bond motifs is 1. The van der Waals surface area contributed by atoms with Gasteiger partial charge in [0.15, 0.2) is 0 Å². The number of para-hydroxylation sites is 1. The maximum absolute atomic E-state index is 11.8. The molecule has 5 nitrogen and oxygen atoms in total. The smallest absolute Gasteiger partial charge is 0.269 e. The van der Waals surface area contributed by atoms with Gasteiger partial charge in [-0.2, -0.15) is 5.10 Å². The Kier molecular flexibility index (Phi) is 2.72. The molecule has 0 spiro atoms. The largest absolute Gasteiger partial charge is 0.491 e. The molecule has 2 aromatic rings. The summed E-state index contributed by atoms with van der Waals surface area (Å²) in [5.41, 5.74) is 1.59. The van der Waals surface area contributed by atoms with Crippen molar-refractivity contribution in [2.45, 2.75) is 12.5 Å². The lowest BCUT2D eigenvalue weighted by Crippen LogP contribution is -2.42. The molecule has 0 saturated heterocycles. The fourth-order valence-corrected chi connectivity index (χ4v) is 2.07. The molecule has 3 rings (SSSR count). The first-order valence-electron chi connectivity index (χ1n) is 5.84. The van der Waals surface area contributed by atoms with Crippen LogP contribution in [0.15, 0.2) is 36.5 Å². The van der Waals surface area contributed by atoms with Crippen molar-refractivity contribution in [3.63, 3.8) is 0 Å². The van der Waals surface area contributed by atoms with Gasteiger partial charge in [0.2, 0.25) is 0 Å². The molecule has 0 fully saturated rings. The molecule has 1 aliphatic rings. The van der Waals surface area contributed by atoms with Gasteiger partial charge in [-0.25, -0.2) is 0 Å². The highest BCUT2D eigenvalue weighted by Gasteiger charge is 2.21. The number of rotatable bonds is 2. The van der Waals surface area contributed by atoms with Crippen LogP contribution in [0.25, 0.3) is 0 Å². The first-order valence-corrected chi connectivity index (χ1v) is 5.84. The van der Waals surface area contributed by atoms with Crippen molar-refractivity contribution in [2.24, 2.45) is 0 Å². The van der Waals surface area contributed by atoms with Crippen LogP contribution in [-0.4, -0.2) is 28.8 Å². The second kappa shape index (κ2) is 4.52. The number of ether oxygens (including phenoxy) is 1. The van der Waals surface area contributed by atoms with Gasteiger partial charge in [0, 0.05) is 6.20 Å². The quantitative estimate of drug-likeness (QED) is 0.831. The predicted molar refractivity (Wildman–Crippen MR) is 65.5 cm³/mol. The molecular formula is C13H13N3O2. The molecule has 1 aromatic heterocycles. The minimum atomic E-state index is -0.152. The zero-order valence-electron chi connectivity index (χ0n) is 9.72. The number of H-pyrrole nitrogens is 1. The van der Waals surface area contributed by atoms with Crippen LogP contribution in [0.5, 0.6) is 5.75 Å². The van der Waals surface area contributed by atoms with Crippen LogP contribution < -0.4 is 10.1 Å². The third kappa shape index (κ3) is 2.07. The van der Waals surface area contributed by atoms with E-state index in [-0.39, 0.29) is 11.9 Å². The predicted octanol–water partition coefficient (Wildman–Crippen LogP) is 1.14. The molecule has 2 N–H and O–H groups in total. The summed E-state index contributed by atoms with van der Waals surface area (Å²) in [5.74, 6) is 0.755. The number of hydrogen-bond donors (Lipinski definition) is 2. The average Bonchev–Trinajstić information content (AvgIpc) is 2.92. The van der Waals surface area contributed by atoms with Crippen LogP contribution in [0.2, 0.25) is 0 Å². The molecule has 0 saturated carbocycles. The van der Waals surface area contributed by atoms with Gasteiger partial charge in [0.25, 0.3) is 5.91 Å². The summed E-state index contributed by atoms with van der Waals surface area (Å²) in [5, 5.41) is 9.32. The number of carbonyl (C=O) groups is 1. The maximum Gasteiger partial charge on any atom is 0.269 e. The van der Waals surface area contributed by atoms with Crippen molar-refractivity contribution in [1.82, 2.24) is 15.5 Å². The highest BCUT2D eigenvalue weighted by Crippen LogP contribution is 2.23. The van der Waals surface area contributed by atoms with E-state index < -0.39 is 0 Å². The molecule has 1 atom stereocenters. The summed E-state index contributed by atoms with van der Waals surface area (Å²) in [7, 11) is 0. The molecule has 1 amide bonds. The first-order chi connectivity index (χ1) is 8.83. The van der Waals surface area contributed by atoms with Crippen LogP contribution in [0, 0.1) is 0 Å². The Morgan fingerprint density at radius 3 is 3.11 bits per heavy atom. The normalized spacial score (nSPS) is 17.7. The van der Waals surface area contributed by atoms with Gasteiger partial charge in [0.05, 0.1) is 6.04 Å². The van der Waals surface area contributed by atoms with Crippen molar-refractivity contribution in [3.05, 3.63) is 47.8 Å². The standard InChI is InChI=1S/C13H13N3O2/c17-13(11-5-6-14-16-11)15-10-7-9-3-1-2-4-12(9)18-8-10/h1-6,10H,7-8H2,(H,14,16)(H,15,17). The molecule has 1 aliphatic heterocycles. The Balaban J connectivity index is 1.68. The molecule has 92 valence electrons. The van der Waals surface area contributed by atoms with Crippen LogP contribution in [0.4, 0.5) is 0 Å². The van der Waals surface area contributed by atoms with Crippen molar-refractivity contribution in [3.8, 4) is 5.75 Å². The zero-order chi connectivity index (χ0) is 12.4. The fraction of sp³-hybridized carbons (Fsp3) is 0.231. The van der Waals surface area contributed by atoms with Crippen molar-refractivity contribution in [1.29, 1.82) is 0 Å². The Hall–Kier alpha value is -2.30. The molecule has 1 unspecified atom stereocenters. The summed E-state index contributed by atoms with van der Waals surface area (Å²) in [4.78, 5) is 11.8. The number of aromatic amines is 1. The van der Waals surface area contributed by atoms with E-state index in [1.54, 1.807) is 12.3 Å². The molecule has 0 bridgehead atoms. The minimum Gasteiger partial charge on any atom is -0.491 e. The number of carbonyl (C=O) groups excluding carboxylic acids is 1. The summed E-state index contributed by atoms with van der Waals surface area (Å²) < 4.78 is 5.61. The van der Waals surface area contributed by atoms with E-state index in [4.69, 9.17) is 4.74 Å². The summed E-state index contributed by atoms with van der Waals surface area (Å²) in [6.07, 6.45) is 2.34. The summed E-state index contributed by atoms with van der Waals surface area (Å²) >= 11 is 0. The topological polar surface area (TPSA) is 67.0 Å². The lowest BCUT2D eigenvalue weighted by Gasteiger charge is -2.25. The Labute approximate surface area is 104 Å². The van der Waals surface area contributed by atoms with E-state index in [0.29, 0.717) is 12.3 Å². The van der Waals surface area contributed by atoms with Crippen LogP contribution in [0.3, 0.4) is 0 Å². The van der Waals surface area contributed by atoms with Gasteiger partial charge in [-0.05, 0) is 24.1 Å². The SMILES string of the molecule is O=C(NC1COc2ccccc2C1)c1ccn[nH]1. The molecule has 0 aliphatic carbocycles. The van der Waals surface area contributed by atoms with E-state index in [2.05, 4.69) is 15.5 Å². The number of benzene rings is 1. The van der Waals surface area contributed by atoms with Crippen LogP contribution in [0.1, 0.15) is 16.1 Å². The van der Waals surface area contributed by atoms with Gasteiger partial charge in [-0.15, -0.1) is 0 Å². The van der Waals surface area contributed by atoms with Gasteiger partial charge in [-0.3, -0.25) is 9.89 Å². The van der Waals surface area contributed by atoms with Crippen LogP contribution >= 0.6 is 0 Å². The molecular weight excluding hydrogens is 230 g/mol. The zero-order valence-corrected chi connectivity index (χ0v) is 9.72. The van der Waals surface area contributed by atoms with Gasteiger partial charge >= 0.3 is 0 Å². The monoisotopic (exact) mass is 243 g/mol. The van der Waals surface area contributed by atoms with Gasteiger partial charge < -0.3 is 10.1 Å². The lowest BCUT2D eigenvalue weighted by atomic mass is 10.0. The van der Waals surface area contributed by atoms with Gasteiger partial charge in [0.1, 0.15) is 18.1 Å². The highest BCUT2D eigenvalue weighted by atomic mass is 16.5. The molecule has 18 heavy (non-hydrogen) atoms. The first kappa shape index (κ1) is 10.8. The Morgan fingerprint density at radius 1 is 1.39 bits per heavy atom. The van der Waals surface area contributed by atoms with E-state index in [0.717, 1.165) is 17.7 Å².